The van der Waals surface area contributed by atoms with Crippen molar-refractivity contribution in [3.8, 4) is 22.5 Å². The standard InChI is InChI=1S/C28H36N8O2/c1-5-6-11-25-30-24(17-16-23(29)27(37)38-28(2,3)4)33-36(25)18-19-12-14-20(15-13-19)21-9-7-8-10-22(21)26-31-34-35-32-26/h7-10,12-15,23H,5-6,11,16-18,29H2,1-4H3,(H,31,32,34,35). The fourth-order valence-corrected chi connectivity index (χ4v) is 4.14. The second-order valence-electron chi connectivity index (χ2n) is 10.4. The maximum absolute atomic E-state index is 12.2. The van der Waals surface area contributed by atoms with Crippen molar-refractivity contribution in [1.82, 2.24) is 35.4 Å². The molecule has 0 fully saturated rings. The zero-order valence-corrected chi connectivity index (χ0v) is 22.5. The van der Waals surface area contributed by atoms with Gasteiger partial charge in [-0.1, -0.05) is 61.9 Å². The third kappa shape index (κ3) is 7.10. The average molecular weight is 517 g/mol. The lowest BCUT2D eigenvalue weighted by Gasteiger charge is -2.21. The highest BCUT2D eigenvalue weighted by molar-refractivity contribution is 5.80. The predicted octanol–water partition coefficient (Wildman–Crippen LogP) is 4.12. The maximum Gasteiger partial charge on any atom is 0.323 e. The van der Waals surface area contributed by atoms with Crippen molar-refractivity contribution in [3.05, 3.63) is 65.7 Å². The molecule has 0 spiro atoms. The number of aromatic amines is 1. The van der Waals surface area contributed by atoms with Crippen LogP contribution >= 0.6 is 0 Å². The first kappa shape index (κ1) is 27.1. The molecule has 0 saturated heterocycles. The van der Waals surface area contributed by atoms with Crippen molar-refractivity contribution >= 4 is 5.97 Å². The number of carbonyl (C=O) groups excluding carboxylic acids is 1. The molecule has 0 radical (unpaired) electrons. The first-order valence-corrected chi connectivity index (χ1v) is 13.1. The first-order valence-electron chi connectivity index (χ1n) is 13.1. The molecule has 0 bridgehead atoms. The number of nitrogens with one attached hydrogen (secondary N) is 1. The molecular formula is C28H36N8O2. The zero-order valence-electron chi connectivity index (χ0n) is 22.5. The van der Waals surface area contributed by atoms with Gasteiger partial charge < -0.3 is 10.5 Å². The average Bonchev–Trinajstić information content (AvgIpc) is 3.56. The number of rotatable bonds is 11. The number of unbranched alkanes of at least 4 members (excludes halogenated alkanes) is 1. The summed E-state index contributed by atoms with van der Waals surface area (Å²) in [6.45, 7) is 8.27. The van der Waals surface area contributed by atoms with Gasteiger partial charge in [0, 0.05) is 18.4 Å². The monoisotopic (exact) mass is 516 g/mol. The molecule has 0 aliphatic rings. The quantitative estimate of drug-likeness (QED) is 0.284. The second-order valence-corrected chi connectivity index (χ2v) is 10.4. The normalized spacial score (nSPS) is 12.4. The number of benzene rings is 2. The van der Waals surface area contributed by atoms with Gasteiger partial charge in [-0.3, -0.25) is 4.79 Å². The Morgan fingerprint density at radius 2 is 1.82 bits per heavy atom. The van der Waals surface area contributed by atoms with Crippen LogP contribution in [0.5, 0.6) is 0 Å². The van der Waals surface area contributed by atoms with Crippen molar-refractivity contribution in [2.75, 3.05) is 0 Å². The van der Waals surface area contributed by atoms with Crippen molar-refractivity contribution in [1.29, 1.82) is 0 Å². The number of carbonyl (C=O) groups is 1. The van der Waals surface area contributed by atoms with Crippen LogP contribution in [0.15, 0.2) is 48.5 Å². The lowest BCUT2D eigenvalue weighted by Crippen LogP contribution is -2.37. The van der Waals surface area contributed by atoms with Crippen LogP contribution in [0.3, 0.4) is 0 Å². The molecule has 0 aliphatic heterocycles. The van der Waals surface area contributed by atoms with Gasteiger partial charge in [0.25, 0.3) is 0 Å². The summed E-state index contributed by atoms with van der Waals surface area (Å²) in [6, 6.07) is 15.7. The minimum absolute atomic E-state index is 0.399. The summed E-state index contributed by atoms with van der Waals surface area (Å²) in [4.78, 5) is 17.0. The van der Waals surface area contributed by atoms with Gasteiger partial charge in [0.1, 0.15) is 17.5 Å². The van der Waals surface area contributed by atoms with E-state index in [9.17, 15) is 4.79 Å². The third-order valence-corrected chi connectivity index (χ3v) is 6.06. The molecule has 1 unspecified atom stereocenters. The largest absolute Gasteiger partial charge is 0.459 e. The molecule has 0 aliphatic carbocycles. The Balaban J connectivity index is 1.47. The fourth-order valence-electron chi connectivity index (χ4n) is 4.14. The van der Waals surface area contributed by atoms with Crippen molar-refractivity contribution < 1.29 is 9.53 Å². The van der Waals surface area contributed by atoms with E-state index in [1.165, 1.54) is 0 Å². The molecule has 4 aromatic rings. The molecule has 10 heteroatoms. The molecule has 38 heavy (non-hydrogen) atoms. The fraction of sp³-hybridized carbons (Fsp3) is 0.429. The SMILES string of the molecule is CCCCc1nc(CCC(N)C(=O)OC(C)(C)C)nn1Cc1ccc(-c2ccccc2-c2nnn[nH]2)cc1. The Kier molecular flexibility index (Phi) is 8.62. The van der Waals surface area contributed by atoms with E-state index in [0.717, 1.165) is 47.3 Å². The molecule has 0 saturated carbocycles. The van der Waals surface area contributed by atoms with Gasteiger partial charge in [-0.15, -0.1) is 5.10 Å². The Morgan fingerprint density at radius 1 is 1.08 bits per heavy atom. The molecule has 0 amide bonds. The van der Waals surface area contributed by atoms with Crippen molar-refractivity contribution in [2.45, 2.75) is 78.0 Å². The minimum Gasteiger partial charge on any atom is -0.459 e. The lowest BCUT2D eigenvalue weighted by atomic mass is 9.98. The molecule has 2 aromatic heterocycles. The van der Waals surface area contributed by atoms with Gasteiger partial charge in [-0.25, -0.2) is 14.8 Å². The molecule has 3 N–H and O–H groups in total. The zero-order chi connectivity index (χ0) is 27.1. The molecule has 2 heterocycles. The number of hydrogen-bond donors (Lipinski definition) is 2. The molecule has 1 atom stereocenters. The van der Waals surface area contributed by atoms with Crippen LogP contribution in [0, 0.1) is 0 Å². The number of hydrogen-bond acceptors (Lipinski definition) is 8. The second kappa shape index (κ2) is 12.1. The topological polar surface area (TPSA) is 137 Å². The maximum atomic E-state index is 12.2. The summed E-state index contributed by atoms with van der Waals surface area (Å²) >= 11 is 0. The molecule has 200 valence electrons. The van der Waals surface area contributed by atoms with E-state index >= 15 is 0 Å². The lowest BCUT2D eigenvalue weighted by molar-refractivity contribution is -0.156. The molecule has 10 nitrogen and oxygen atoms in total. The summed E-state index contributed by atoms with van der Waals surface area (Å²) in [5.41, 5.74) is 9.69. The molecule has 4 rings (SSSR count). The van der Waals surface area contributed by atoms with Crippen LogP contribution in [-0.2, 0) is 28.9 Å². The third-order valence-electron chi connectivity index (χ3n) is 6.06. The number of H-pyrrole nitrogens is 1. The smallest absolute Gasteiger partial charge is 0.323 e. The Morgan fingerprint density at radius 3 is 2.47 bits per heavy atom. The Hall–Kier alpha value is -3.92. The number of aryl methyl sites for hydroxylation is 2. The van der Waals surface area contributed by atoms with Crippen molar-refractivity contribution in [2.24, 2.45) is 5.73 Å². The number of tetrazole rings is 1. The van der Waals surface area contributed by atoms with Gasteiger partial charge >= 0.3 is 5.97 Å². The van der Waals surface area contributed by atoms with Crippen molar-refractivity contribution in [3.63, 3.8) is 0 Å². The van der Waals surface area contributed by atoms with Gasteiger partial charge in [0.05, 0.1) is 6.54 Å². The van der Waals surface area contributed by atoms with Crippen LogP contribution in [0.25, 0.3) is 22.5 Å². The molecule has 2 aromatic carbocycles. The minimum atomic E-state index is -0.705. The van der Waals surface area contributed by atoms with E-state index in [2.05, 4.69) is 57.9 Å². The number of nitrogens with two attached hydrogens (primary N) is 1. The van der Waals surface area contributed by atoms with Gasteiger partial charge in [-0.05, 0) is 60.7 Å². The van der Waals surface area contributed by atoms with Crippen LogP contribution in [0.2, 0.25) is 0 Å². The number of nitrogens with zero attached hydrogens (tertiary/aromatic N) is 6. The van der Waals surface area contributed by atoms with Crippen LogP contribution in [0.1, 0.15) is 64.2 Å². The Labute approximate surface area is 223 Å². The highest BCUT2D eigenvalue weighted by Gasteiger charge is 2.23. The van der Waals surface area contributed by atoms with E-state index < -0.39 is 17.6 Å². The highest BCUT2D eigenvalue weighted by atomic mass is 16.6. The van der Waals surface area contributed by atoms with Crippen LogP contribution < -0.4 is 5.73 Å². The van der Waals surface area contributed by atoms with E-state index in [0.29, 0.717) is 31.0 Å². The predicted molar refractivity (Wildman–Crippen MR) is 145 cm³/mol. The van der Waals surface area contributed by atoms with Gasteiger partial charge in [0.15, 0.2) is 11.6 Å². The van der Waals surface area contributed by atoms with E-state index in [4.69, 9.17) is 20.6 Å². The number of ether oxygens (including phenoxy) is 1. The summed E-state index contributed by atoms with van der Waals surface area (Å²) in [7, 11) is 0. The van der Waals surface area contributed by atoms with Crippen LogP contribution in [-0.4, -0.2) is 53.0 Å². The summed E-state index contributed by atoms with van der Waals surface area (Å²) < 4.78 is 7.36. The summed E-state index contributed by atoms with van der Waals surface area (Å²) in [6.07, 6.45) is 3.89. The molecular weight excluding hydrogens is 480 g/mol. The van der Waals surface area contributed by atoms with E-state index in [1.54, 1.807) is 0 Å². The highest BCUT2D eigenvalue weighted by Crippen LogP contribution is 2.29. The summed E-state index contributed by atoms with van der Waals surface area (Å²) in [5, 5.41) is 19.1. The number of esters is 1. The van der Waals surface area contributed by atoms with Crippen LogP contribution in [0.4, 0.5) is 0 Å². The summed E-state index contributed by atoms with van der Waals surface area (Å²) in [5.74, 6) is 1.87. The number of aromatic nitrogens is 7. The Bertz CT molecular complexity index is 1320. The first-order chi connectivity index (χ1) is 18.2. The van der Waals surface area contributed by atoms with Gasteiger partial charge in [-0.2, -0.15) is 5.10 Å². The van der Waals surface area contributed by atoms with E-state index in [1.807, 2.05) is 43.7 Å². The van der Waals surface area contributed by atoms with E-state index in [-0.39, 0.29) is 0 Å². The van der Waals surface area contributed by atoms with Gasteiger partial charge in [0.2, 0.25) is 0 Å².